The lowest BCUT2D eigenvalue weighted by Gasteiger charge is -2.07. The number of rotatable bonds is 5. The normalized spacial score (nSPS) is 10.9. The summed E-state index contributed by atoms with van der Waals surface area (Å²) in [5.74, 6) is -0.113. The first-order valence-electron chi connectivity index (χ1n) is 7.22. The predicted octanol–water partition coefficient (Wildman–Crippen LogP) is 4.17. The van der Waals surface area contributed by atoms with Crippen LogP contribution in [0.4, 0.5) is 11.5 Å². The van der Waals surface area contributed by atoms with Crippen molar-refractivity contribution in [2.75, 3.05) is 10.6 Å². The van der Waals surface area contributed by atoms with E-state index in [1.165, 1.54) is 6.08 Å². The first-order chi connectivity index (χ1) is 11.6. The van der Waals surface area contributed by atoms with Gasteiger partial charge in [-0.1, -0.05) is 24.3 Å². The molecule has 6 heteroatoms. The van der Waals surface area contributed by atoms with Gasteiger partial charge in [-0.3, -0.25) is 9.59 Å². The summed E-state index contributed by atoms with van der Waals surface area (Å²) in [6.07, 6.45) is 8.24. The van der Waals surface area contributed by atoms with E-state index in [1.54, 1.807) is 54.7 Å². The van der Waals surface area contributed by atoms with E-state index in [0.29, 0.717) is 17.1 Å². The van der Waals surface area contributed by atoms with Crippen LogP contribution >= 0.6 is 15.9 Å². The van der Waals surface area contributed by atoms with Crippen molar-refractivity contribution in [3.05, 3.63) is 76.9 Å². The van der Waals surface area contributed by atoms with E-state index in [2.05, 4.69) is 31.5 Å². The second-order valence-corrected chi connectivity index (χ2v) is 5.69. The van der Waals surface area contributed by atoms with Gasteiger partial charge < -0.3 is 10.6 Å². The number of carbonyl (C=O) groups excluding carboxylic acids is 2. The fourth-order valence-corrected chi connectivity index (χ4v) is 2.05. The van der Waals surface area contributed by atoms with Crippen molar-refractivity contribution >= 4 is 39.2 Å². The Morgan fingerprint density at radius 1 is 1.12 bits per heavy atom. The lowest BCUT2D eigenvalue weighted by atomic mass is 10.2. The van der Waals surface area contributed by atoms with Crippen molar-refractivity contribution in [2.24, 2.45) is 0 Å². The maximum atomic E-state index is 12.2. The highest BCUT2D eigenvalue weighted by Gasteiger charge is 2.08. The third-order valence-corrected chi connectivity index (χ3v) is 3.38. The van der Waals surface area contributed by atoms with Gasteiger partial charge in [-0.05, 0) is 53.2 Å². The molecule has 1 heterocycles. The molecule has 2 amide bonds. The number of hydrogen-bond acceptors (Lipinski definition) is 3. The zero-order chi connectivity index (χ0) is 17.4. The van der Waals surface area contributed by atoms with Crippen molar-refractivity contribution < 1.29 is 9.59 Å². The Labute approximate surface area is 148 Å². The molecule has 0 spiro atoms. The molecule has 5 nitrogen and oxygen atoms in total. The number of hydrogen-bond donors (Lipinski definition) is 2. The Morgan fingerprint density at radius 3 is 2.67 bits per heavy atom. The third-order valence-electron chi connectivity index (χ3n) is 2.91. The summed E-state index contributed by atoms with van der Waals surface area (Å²) in [6, 6.07) is 10.2. The van der Waals surface area contributed by atoms with E-state index in [9.17, 15) is 9.59 Å². The van der Waals surface area contributed by atoms with Crippen LogP contribution in [0.2, 0.25) is 0 Å². The van der Waals surface area contributed by atoms with E-state index in [4.69, 9.17) is 0 Å². The van der Waals surface area contributed by atoms with Gasteiger partial charge in [0.15, 0.2) is 0 Å². The monoisotopic (exact) mass is 385 g/mol. The summed E-state index contributed by atoms with van der Waals surface area (Å²) in [5.41, 5.74) is 0.969. The highest BCUT2D eigenvalue weighted by atomic mass is 79.9. The van der Waals surface area contributed by atoms with Gasteiger partial charge in [0, 0.05) is 28.0 Å². The molecular weight excluding hydrogens is 370 g/mol. The molecule has 0 saturated heterocycles. The van der Waals surface area contributed by atoms with Crippen LogP contribution in [0.15, 0.2) is 71.4 Å². The maximum absolute atomic E-state index is 12.2. The third kappa shape index (κ3) is 5.48. The van der Waals surface area contributed by atoms with E-state index in [-0.39, 0.29) is 11.8 Å². The number of pyridine rings is 1. The summed E-state index contributed by atoms with van der Waals surface area (Å²) >= 11 is 3.29. The fraction of sp³-hybridized carbons (Fsp3) is 0.0556. The molecule has 0 saturated carbocycles. The minimum absolute atomic E-state index is 0.264. The molecule has 2 aromatic rings. The maximum Gasteiger partial charge on any atom is 0.256 e. The quantitative estimate of drug-likeness (QED) is 0.599. The molecule has 122 valence electrons. The molecule has 1 aromatic heterocycles. The van der Waals surface area contributed by atoms with Gasteiger partial charge in [0.1, 0.15) is 5.82 Å². The number of allylic oxidation sites excluding steroid dienone is 3. The largest absolute Gasteiger partial charge is 0.322 e. The molecule has 2 rings (SSSR count). The lowest BCUT2D eigenvalue weighted by molar-refractivity contribution is -0.111. The van der Waals surface area contributed by atoms with E-state index in [1.807, 2.05) is 13.0 Å². The first-order valence-corrected chi connectivity index (χ1v) is 8.01. The Morgan fingerprint density at radius 2 is 1.96 bits per heavy atom. The average Bonchev–Trinajstić information content (AvgIpc) is 2.57. The van der Waals surface area contributed by atoms with Gasteiger partial charge >= 0.3 is 0 Å². The summed E-state index contributed by atoms with van der Waals surface area (Å²) < 4.78 is 0.830. The average molecular weight is 386 g/mol. The molecule has 0 atom stereocenters. The number of nitrogens with zero attached hydrogens (tertiary/aromatic N) is 1. The van der Waals surface area contributed by atoms with Crippen LogP contribution in [-0.4, -0.2) is 16.8 Å². The number of nitrogens with one attached hydrogen (secondary N) is 2. The van der Waals surface area contributed by atoms with Crippen molar-refractivity contribution in [3.63, 3.8) is 0 Å². The van der Waals surface area contributed by atoms with Crippen LogP contribution in [0.5, 0.6) is 0 Å². The summed E-state index contributed by atoms with van der Waals surface area (Å²) in [6.45, 7) is 1.87. The molecule has 2 N–H and O–H groups in total. The second-order valence-electron chi connectivity index (χ2n) is 4.77. The topological polar surface area (TPSA) is 71.1 Å². The van der Waals surface area contributed by atoms with Crippen LogP contribution in [0, 0.1) is 0 Å². The molecule has 0 radical (unpaired) electrons. The SMILES string of the molecule is C/C=C/C=C/C(=O)Nc1cccc(C(=O)Nc2ccc(Br)cn2)c1. The first kappa shape index (κ1) is 17.6. The number of benzene rings is 1. The van der Waals surface area contributed by atoms with Gasteiger partial charge in [-0.2, -0.15) is 0 Å². The standard InChI is InChI=1S/C18H16BrN3O2/c1-2-3-4-8-17(23)21-15-7-5-6-13(11-15)18(24)22-16-10-9-14(19)12-20-16/h2-12H,1H3,(H,21,23)(H,20,22,24)/b3-2+,8-4+. The van der Waals surface area contributed by atoms with Crippen molar-refractivity contribution in [3.8, 4) is 0 Å². The molecule has 0 aliphatic heterocycles. The number of halogens is 1. The highest BCUT2D eigenvalue weighted by molar-refractivity contribution is 9.10. The van der Waals surface area contributed by atoms with E-state index < -0.39 is 0 Å². The molecule has 0 fully saturated rings. The molecule has 0 bridgehead atoms. The summed E-state index contributed by atoms with van der Waals surface area (Å²) in [5, 5.41) is 5.41. The smallest absolute Gasteiger partial charge is 0.256 e. The van der Waals surface area contributed by atoms with Crippen LogP contribution < -0.4 is 10.6 Å². The molecule has 0 aliphatic carbocycles. The van der Waals surface area contributed by atoms with E-state index in [0.717, 1.165) is 4.47 Å². The van der Waals surface area contributed by atoms with Gasteiger partial charge in [-0.25, -0.2) is 4.98 Å². The van der Waals surface area contributed by atoms with E-state index >= 15 is 0 Å². The fourth-order valence-electron chi connectivity index (χ4n) is 1.81. The van der Waals surface area contributed by atoms with Crippen molar-refractivity contribution in [1.82, 2.24) is 4.98 Å². The Hall–Kier alpha value is -2.73. The molecular formula is C18H16BrN3O2. The Balaban J connectivity index is 2.04. The van der Waals surface area contributed by atoms with Crippen LogP contribution in [0.25, 0.3) is 0 Å². The molecule has 0 aliphatic rings. The number of amides is 2. The predicted molar refractivity (Wildman–Crippen MR) is 98.9 cm³/mol. The zero-order valence-electron chi connectivity index (χ0n) is 13.0. The lowest BCUT2D eigenvalue weighted by Crippen LogP contribution is -2.14. The number of aromatic nitrogens is 1. The Kier molecular flexibility index (Phi) is 6.45. The minimum atomic E-state index is -0.301. The molecule has 24 heavy (non-hydrogen) atoms. The van der Waals surface area contributed by atoms with Crippen LogP contribution in [-0.2, 0) is 4.79 Å². The second kappa shape index (κ2) is 8.79. The van der Waals surface area contributed by atoms with Gasteiger partial charge in [0.2, 0.25) is 5.91 Å². The zero-order valence-corrected chi connectivity index (χ0v) is 14.6. The Bertz CT molecular complexity index is 783. The van der Waals surface area contributed by atoms with Crippen LogP contribution in [0.3, 0.4) is 0 Å². The van der Waals surface area contributed by atoms with Gasteiger partial charge in [0.05, 0.1) is 0 Å². The highest BCUT2D eigenvalue weighted by Crippen LogP contribution is 2.14. The van der Waals surface area contributed by atoms with Gasteiger partial charge in [0.25, 0.3) is 5.91 Å². The molecule has 0 unspecified atom stereocenters. The van der Waals surface area contributed by atoms with Crippen molar-refractivity contribution in [1.29, 1.82) is 0 Å². The van der Waals surface area contributed by atoms with Crippen molar-refractivity contribution in [2.45, 2.75) is 6.92 Å². The molecule has 1 aromatic carbocycles. The van der Waals surface area contributed by atoms with Gasteiger partial charge in [-0.15, -0.1) is 0 Å². The summed E-state index contributed by atoms with van der Waals surface area (Å²) in [7, 11) is 0. The number of anilines is 2. The number of carbonyl (C=O) groups is 2. The van der Waals surface area contributed by atoms with Crippen LogP contribution in [0.1, 0.15) is 17.3 Å². The minimum Gasteiger partial charge on any atom is -0.322 e. The summed E-state index contributed by atoms with van der Waals surface area (Å²) in [4.78, 5) is 28.1.